The van der Waals surface area contributed by atoms with E-state index in [1.807, 2.05) is 18.2 Å². The molecule has 30 heavy (non-hydrogen) atoms. The van der Waals surface area contributed by atoms with Crippen LogP contribution in [0.5, 0.6) is 0 Å². The molecule has 2 fully saturated rings. The number of benzene rings is 1. The summed E-state index contributed by atoms with van der Waals surface area (Å²) in [6.45, 7) is 3.90. The first kappa shape index (κ1) is 19.5. The van der Waals surface area contributed by atoms with E-state index in [2.05, 4.69) is 15.2 Å². The summed E-state index contributed by atoms with van der Waals surface area (Å²) in [5.41, 5.74) is 2.06. The molecule has 0 radical (unpaired) electrons. The fourth-order valence-electron chi connectivity index (χ4n) is 5.51. The number of carbonyl (C=O) groups is 1. The zero-order valence-corrected chi connectivity index (χ0v) is 17.5. The van der Waals surface area contributed by atoms with E-state index in [0.29, 0.717) is 18.5 Å². The van der Waals surface area contributed by atoms with Gasteiger partial charge in [-0.2, -0.15) is 4.68 Å². The molecule has 1 saturated heterocycles. The van der Waals surface area contributed by atoms with E-state index in [1.165, 1.54) is 43.3 Å². The van der Waals surface area contributed by atoms with E-state index < -0.39 is 0 Å². The van der Waals surface area contributed by atoms with Crippen LogP contribution >= 0.6 is 0 Å². The van der Waals surface area contributed by atoms with E-state index in [-0.39, 0.29) is 17.5 Å². The standard InChI is InChI=1S/C23H31N5O2/c29-22-19-9-4-10-20(18(19)11-12-24-22)28-23(30)25-21(26-28)17-8-5-13-27(15-17)14-16-6-2-1-3-7-16/h4,9-10,16-17H,1-3,5-8,11-15H2,(H,24,29)(H,25,26,30). The van der Waals surface area contributed by atoms with Crippen LogP contribution < -0.4 is 11.0 Å². The highest BCUT2D eigenvalue weighted by Crippen LogP contribution is 2.29. The highest BCUT2D eigenvalue weighted by Gasteiger charge is 2.28. The van der Waals surface area contributed by atoms with Crippen molar-refractivity contribution in [1.82, 2.24) is 25.0 Å². The van der Waals surface area contributed by atoms with Crippen LogP contribution in [0.15, 0.2) is 23.0 Å². The van der Waals surface area contributed by atoms with Crippen molar-refractivity contribution in [2.45, 2.75) is 57.3 Å². The van der Waals surface area contributed by atoms with Gasteiger partial charge >= 0.3 is 5.69 Å². The molecule has 0 bridgehead atoms. The number of hydrogen-bond acceptors (Lipinski definition) is 4. The molecular weight excluding hydrogens is 378 g/mol. The van der Waals surface area contributed by atoms with Crippen LogP contribution in [0.3, 0.4) is 0 Å². The number of piperidine rings is 1. The maximum absolute atomic E-state index is 12.8. The monoisotopic (exact) mass is 409 g/mol. The Balaban J connectivity index is 1.36. The topological polar surface area (TPSA) is 83.0 Å². The number of rotatable bonds is 4. The predicted molar refractivity (Wildman–Crippen MR) is 115 cm³/mol. The molecule has 1 aromatic carbocycles. The van der Waals surface area contributed by atoms with Gasteiger partial charge in [-0.15, -0.1) is 5.10 Å². The molecule has 7 heteroatoms. The third-order valence-electron chi connectivity index (χ3n) is 7.05. The number of nitrogens with zero attached hydrogens (tertiary/aromatic N) is 3. The molecule has 3 aliphatic rings. The summed E-state index contributed by atoms with van der Waals surface area (Å²) in [5.74, 6) is 1.80. The number of likely N-dealkylation sites (tertiary alicyclic amines) is 1. The normalized spacial score (nSPS) is 23.2. The van der Waals surface area contributed by atoms with Gasteiger partial charge in [-0.1, -0.05) is 25.3 Å². The molecule has 1 aromatic heterocycles. The maximum atomic E-state index is 12.8. The fourth-order valence-corrected chi connectivity index (χ4v) is 5.51. The second kappa shape index (κ2) is 8.38. The van der Waals surface area contributed by atoms with Crippen molar-refractivity contribution in [3.05, 3.63) is 45.6 Å². The summed E-state index contributed by atoms with van der Waals surface area (Å²) in [6, 6.07) is 5.53. The van der Waals surface area contributed by atoms with Gasteiger partial charge in [0.05, 0.1) is 5.69 Å². The van der Waals surface area contributed by atoms with Gasteiger partial charge in [-0.05, 0) is 62.3 Å². The van der Waals surface area contributed by atoms with Crippen molar-refractivity contribution in [2.75, 3.05) is 26.2 Å². The molecule has 2 N–H and O–H groups in total. The Labute approximate surface area is 176 Å². The third-order valence-corrected chi connectivity index (χ3v) is 7.05. The van der Waals surface area contributed by atoms with Crippen molar-refractivity contribution in [2.24, 2.45) is 5.92 Å². The quantitative estimate of drug-likeness (QED) is 0.813. The Morgan fingerprint density at radius 1 is 1.07 bits per heavy atom. The Kier molecular flexibility index (Phi) is 5.46. The van der Waals surface area contributed by atoms with E-state index in [9.17, 15) is 9.59 Å². The molecule has 1 amide bonds. The van der Waals surface area contributed by atoms with E-state index in [0.717, 1.165) is 48.9 Å². The average Bonchev–Trinajstić information content (AvgIpc) is 3.16. The predicted octanol–water partition coefficient (Wildman–Crippen LogP) is 2.61. The van der Waals surface area contributed by atoms with E-state index >= 15 is 0 Å². The molecule has 1 saturated carbocycles. The van der Waals surface area contributed by atoms with E-state index in [1.54, 1.807) is 0 Å². The number of aromatic amines is 1. The summed E-state index contributed by atoms with van der Waals surface area (Å²) in [6.07, 6.45) is 9.78. The Bertz CT molecular complexity index is 972. The van der Waals surface area contributed by atoms with Crippen LogP contribution in [-0.2, 0) is 6.42 Å². The number of carbonyl (C=O) groups excluding carboxylic acids is 1. The lowest BCUT2D eigenvalue weighted by molar-refractivity contribution is 0.0946. The van der Waals surface area contributed by atoms with Gasteiger partial charge in [-0.3, -0.25) is 9.78 Å². The van der Waals surface area contributed by atoms with Crippen molar-refractivity contribution < 1.29 is 4.79 Å². The maximum Gasteiger partial charge on any atom is 0.348 e. The van der Waals surface area contributed by atoms with Crippen LogP contribution in [-0.4, -0.2) is 51.8 Å². The van der Waals surface area contributed by atoms with Crippen molar-refractivity contribution in [3.63, 3.8) is 0 Å². The Hall–Kier alpha value is -2.41. The molecule has 2 aromatic rings. The second-order valence-electron chi connectivity index (χ2n) is 9.14. The number of amides is 1. The van der Waals surface area contributed by atoms with Crippen LogP contribution in [0.4, 0.5) is 0 Å². The Morgan fingerprint density at radius 2 is 1.93 bits per heavy atom. The molecule has 1 unspecified atom stereocenters. The number of H-pyrrole nitrogens is 1. The van der Waals surface area contributed by atoms with Crippen LogP contribution in [0.1, 0.15) is 72.6 Å². The molecule has 5 rings (SSSR count). The van der Waals surface area contributed by atoms with E-state index in [4.69, 9.17) is 5.10 Å². The van der Waals surface area contributed by atoms with Crippen molar-refractivity contribution >= 4 is 5.91 Å². The van der Waals surface area contributed by atoms with Gasteiger partial charge in [0.25, 0.3) is 5.91 Å². The van der Waals surface area contributed by atoms with Gasteiger partial charge in [0.15, 0.2) is 0 Å². The number of aromatic nitrogens is 3. The number of fused-ring (bicyclic) bond motifs is 1. The summed E-state index contributed by atoms with van der Waals surface area (Å²) in [7, 11) is 0. The zero-order valence-electron chi connectivity index (χ0n) is 17.5. The summed E-state index contributed by atoms with van der Waals surface area (Å²) in [5, 5.41) is 7.57. The summed E-state index contributed by atoms with van der Waals surface area (Å²) >= 11 is 0. The highest BCUT2D eigenvalue weighted by atomic mass is 16.2. The Morgan fingerprint density at radius 3 is 2.80 bits per heavy atom. The molecule has 2 aliphatic heterocycles. The minimum absolute atomic E-state index is 0.0763. The van der Waals surface area contributed by atoms with Crippen LogP contribution in [0.25, 0.3) is 5.69 Å². The molecule has 1 aliphatic carbocycles. The van der Waals surface area contributed by atoms with Crippen LogP contribution in [0.2, 0.25) is 0 Å². The molecule has 0 spiro atoms. The van der Waals surface area contributed by atoms with Gasteiger partial charge < -0.3 is 10.2 Å². The minimum Gasteiger partial charge on any atom is -0.352 e. The highest BCUT2D eigenvalue weighted by molar-refractivity contribution is 5.97. The van der Waals surface area contributed by atoms with Crippen molar-refractivity contribution in [3.8, 4) is 5.69 Å². The molecular formula is C23H31N5O2. The first-order valence-corrected chi connectivity index (χ1v) is 11.5. The second-order valence-corrected chi connectivity index (χ2v) is 9.14. The number of hydrogen-bond donors (Lipinski definition) is 2. The van der Waals surface area contributed by atoms with Gasteiger partial charge in [0.1, 0.15) is 5.82 Å². The minimum atomic E-state index is -0.214. The first-order valence-electron chi connectivity index (χ1n) is 11.5. The summed E-state index contributed by atoms with van der Waals surface area (Å²) < 4.78 is 1.47. The SMILES string of the molecule is O=C1NCCc2c1cccc2-n1nc(C2CCCN(CC3CCCCC3)C2)[nH]c1=O. The fraction of sp³-hybridized carbons (Fsp3) is 0.609. The third kappa shape index (κ3) is 3.83. The smallest absolute Gasteiger partial charge is 0.348 e. The molecule has 160 valence electrons. The molecule has 3 heterocycles. The lowest BCUT2D eigenvalue weighted by Gasteiger charge is -2.35. The lowest BCUT2D eigenvalue weighted by atomic mass is 9.88. The van der Waals surface area contributed by atoms with Gasteiger partial charge in [0.2, 0.25) is 0 Å². The van der Waals surface area contributed by atoms with Gasteiger partial charge in [0, 0.05) is 31.1 Å². The molecule has 1 atom stereocenters. The molecule has 7 nitrogen and oxygen atoms in total. The average molecular weight is 410 g/mol. The number of nitrogens with one attached hydrogen (secondary N) is 2. The van der Waals surface area contributed by atoms with Gasteiger partial charge in [-0.25, -0.2) is 4.79 Å². The largest absolute Gasteiger partial charge is 0.352 e. The lowest BCUT2D eigenvalue weighted by Crippen LogP contribution is -2.38. The summed E-state index contributed by atoms with van der Waals surface area (Å²) in [4.78, 5) is 30.6. The van der Waals surface area contributed by atoms with Crippen LogP contribution in [0, 0.1) is 5.92 Å². The van der Waals surface area contributed by atoms with Crippen molar-refractivity contribution in [1.29, 1.82) is 0 Å². The zero-order chi connectivity index (χ0) is 20.5. The first-order chi connectivity index (χ1) is 14.7.